The third kappa shape index (κ3) is 4.87. The van der Waals surface area contributed by atoms with Crippen molar-refractivity contribution < 1.29 is 9.13 Å². The summed E-state index contributed by atoms with van der Waals surface area (Å²) < 4.78 is 10.5. The zero-order valence-electron chi connectivity index (χ0n) is 32.0. The highest BCUT2D eigenvalue weighted by Gasteiger charge is 2.48. The van der Waals surface area contributed by atoms with Crippen molar-refractivity contribution in [2.24, 2.45) is 11.8 Å². The SMILES string of the molecule is C=C1CC2C(CCc3ccc4c(sc5ccc(C)cc54)c3-c3n1c1ccncc1[n+]3C1=C(C(C)C)C1C)c1ccccc1-c1ccc([Si](C)(C)C)c[n+]12. The van der Waals surface area contributed by atoms with Gasteiger partial charge in [-0.15, -0.1) is 11.3 Å². The van der Waals surface area contributed by atoms with Gasteiger partial charge in [-0.3, -0.25) is 4.98 Å². The Morgan fingerprint density at radius 2 is 1.81 bits per heavy atom. The van der Waals surface area contributed by atoms with E-state index in [2.05, 4.69) is 146 Å². The second kappa shape index (κ2) is 11.7. The van der Waals surface area contributed by atoms with E-state index in [1.54, 1.807) is 5.57 Å². The van der Waals surface area contributed by atoms with Crippen molar-refractivity contribution in [1.82, 2.24) is 9.55 Å². The predicted octanol–water partition coefficient (Wildman–Crippen LogP) is 10.8. The summed E-state index contributed by atoms with van der Waals surface area (Å²) in [5.74, 6) is 2.50. The largest absolute Gasteiger partial charge is 0.301 e. The molecule has 3 unspecified atom stereocenters. The summed E-state index contributed by atoms with van der Waals surface area (Å²) in [6.45, 7) is 21.7. The first-order valence-electron chi connectivity index (χ1n) is 19.4. The monoisotopic (exact) mass is 728 g/mol. The van der Waals surface area contributed by atoms with Gasteiger partial charge in [-0.25, -0.2) is 0 Å². The topological polar surface area (TPSA) is 25.6 Å². The van der Waals surface area contributed by atoms with Gasteiger partial charge in [0.2, 0.25) is 5.69 Å². The second-order valence-corrected chi connectivity index (χ2v) is 23.3. The summed E-state index contributed by atoms with van der Waals surface area (Å²) in [6, 6.07) is 28.3. The maximum Gasteiger partial charge on any atom is 0.301 e. The molecule has 0 fully saturated rings. The van der Waals surface area contributed by atoms with Crippen LogP contribution in [0.4, 0.5) is 0 Å². The van der Waals surface area contributed by atoms with Crippen LogP contribution in [0.15, 0.2) is 104 Å². The third-order valence-electron chi connectivity index (χ3n) is 12.5. The Hall–Kier alpha value is -4.65. The average Bonchev–Trinajstić information content (AvgIpc) is 3.49. The molecule has 7 aromatic rings. The molecule has 0 saturated heterocycles. The van der Waals surface area contributed by atoms with Crippen molar-refractivity contribution in [3.05, 3.63) is 120 Å². The number of hydrogen-bond acceptors (Lipinski definition) is 2. The number of thiophene rings is 1. The molecular formula is C47H48N4SSi+2. The Balaban J connectivity index is 1.30. The molecule has 6 heterocycles. The van der Waals surface area contributed by atoms with E-state index in [1.807, 2.05) is 17.5 Å². The molecular weight excluding hydrogens is 681 g/mol. The molecule has 4 aromatic heterocycles. The van der Waals surface area contributed by atoms with Crippen LogP contribution < -0.4 is 14.3 Å². The maximum absolute atomic E-state index is 5.06. The van der Waals surface area contributed by atoms with Gasteiger partial charge in [-0.1, -0.05) is 95.0 Å². The fourth-order valence-corrected chi connectivity index (χ4v) is 12.3. The Kier molecular flexibility index (Phi) is 7.26. The summed E-state index contributed by atoms with van der Waals surface area (Å²) in [7, 11) is -1.57. The van der Waals surface area contributed by atoms with Crippen molar-refractivity contribution in [2.45, 2.75) is 78.6 Å². The maximum atomic E-state index is 5.06. The highest BCUT2D eigenvalue weighted by molar-refractivity contribution is 7.26. The molecule has 3 atom stereocenters. The van der Waals surface area contributed by atoms with Crippen LogP contribution in [0, 0.1) is 18.8 Å². The summed E-state index contributed by atoms with van der Waals surface area (Å²) in [5, 5.41) is 4.21. The Morgan fingerprint density at radius 1 is 0.981 bits per heavy atom. The minimum absolute atomic E-state index is 0.243. The molecule has 3 aromatic carbocycles. The lowest BCUT2D eigenvalue weighted by atomic mass is 9.77. The average molecular weight is 729 g/mol. The number of benzene rings is 3. The number of imidazole rings is 1. The van der Waals surface area contributed by atoms with Crippen molar-refractivity contribution in [3.8, 4) is 22.6 Å². The van der Waals surface area contributed by atoms with Crippen molar-refractivity contribution in [2.75, 3.05) is 0 Å². The molecule has 6 heteroatoms. The summed E-state index contributed by atoms with van der Waals surface area (Å²) >= 11 is 1.95. The Labute approximate surface area is 317 Å². The third-order valence-corrected chi connectivity index (χ3v) is 15.8. The molecule has 0 bridgehead atoms. The van der Waals surface area contributed by atoms with Crippen molar-refractivity contribution >= 4 is 67.2 Å². The van der Waals surface area contributed by atoms with E-state index in [4.69, 9.17) is 11.6 Å². The van der Waals surface area contributed by atoms with E-state index in [0.717, 1.165) is 25.0 Å². The first kappa shape index (κ1) is 33.0. The van der Waals surface area contributed by atoms with Gasteiger partial charge in [-0.05, 0) is 60.6 Å². The van der Waals surface area contributed by atoms with E-state index in [1.165, 1.54) is 81.4 Å². The van der Waals surface area contributed by atoms with Gasteiger partial charge < -0.3 is 0 Å². The van der Waals surface area contributed by atoms with Crippen LogP contribution in [0.3, 0.4) is 0 Å². The summed E-state index contributed by atoms with van der Waals surface area (Å²) in [5.41, 5.74) is 14.7. The van der Waals surface area contributed by atoms with Crippen molar-refractivity contribution in [3.63, 3.8) is 0 Å². The molecule has 0 N–H and O–H groups in total. The Bertz CT molecular complexity index is 2740. The van der Waals surface area contributed by atoms with Gasteiger partial charge in [0, 0.05) is 56.4 Å². The van der Waals surface area contributed by atoms with E-state index < -0.39 is 8.07 Å². The zero-order valence-corrected chi connectivity index (χ0v) is 33.8. The van der Waals surface area contributed by atoms with E-state index in [0.29, 0.717) is 17.8 Å². The number of aromatic nitrogens is 4. The van der Waals surface area contributed by atoms with E-state index >= 15 is 0 Å². The van der Waals surface area contributed by atoms with Gasteiger partial charge in [-0.2, -0.15) is 13.7 Å². The van der Waals surface area contributed by atoms with Crippen LogP contribution in [0.2, 0.25) is 19.6 Å². The van der Waals surface area contributed by atoms with E-state index in [-0.39, 0.29) is 6.04 Å². The molecule has 3 aliphatic rings. The van der Waals surface area contributed by atoms with Crippen LogP contribution >= 0.6 is 11.3 Å². The molecule has 0 amide bonds. The van der Waals surface area contributed by atoms with Crippen LogP contribution in [0.1, 0.15) is 62.3 Å². The summed E-state index contributed by atoms with van der Waals surface area (Å²) in [4.78, 5) is 4.76. The number of nitrogens with zero attached hydrogens (tertiary/aromatic N) is 4. The number of rotatable bonds is 3. The lowest BCUT2D eigenvalue weighted by molar-refractivity contribution is -0.716. The molecule has 0 saturated carbocycles. The van der Waals surface area contributed by atoms with Crippen LogP contribution in [-0.4, -0.2) is 17.6 Å². The normalized spacial score (nSPS) is 19.7. The van der Waals surface area contributed by atoms with Gasteiger partial charge in [0.15, 0.2) is 23.3 Å². The molecule has 4 nitrogen and oxygen atoms in total. The van der Waals surface area contributed by atoms with Crippen LogP contribution in [0.5, 0.6) is 0 Å². The van der Waals surface area contributed by atoms with Crippen LogP contribution in [0.25, 0.3) is 65.2 Å². The molecule has 10 rings (SSSR count). The number of pyridine rings is 2. The van der Waals surface area contributed by atoms with Crippen molar-refractivity contribution in [1.29, 1.82) is 0 Å². The van der Waals surface area contributed by atoms with Gasteiger partial charge in [0.1, 0.15) is 11.4 Å². The summed E-state index contributed by atoms with van der Waals surface area (Å²) in [6.07, 6.45) is 9.50. The lowest BCUT2D eigenvalue weighted by Gasteiger charge is -2.32. The van der Waals surface area contributed by atoms with Crippen LogP contribution in [-0.2, 0) is 6.42 Å². The predicted molar refractivity (Wildman–Crippen MR) is 225 cm³/mol. The molecule has 0 spiro atoms. The fraction of sp³-hybridized carbons (Fsp3) is 0.298. The zero-order chi connectivity index (χ0) is 36.5. The minimum Gasteiger partial charge on any atom is -0.260 e. The first-order valence-corrected chi connectivity index (χ1v) is 23.8. The highest BCUT2D eigenvalue weighted by atomic mass is 32.1. The standard InChI is InChI=1S/C47H48N4SSi/c1-27(2)43-30(5)45(43)51-41-25-48-22-21-39(41)50-29(4)24-40-35(33-11-9-10-12-34(33)38-19-16-32(26-49(38)40)53(6,7)8)17-14-31-15-18-36-37-23-28(3)13-20-42(37)52-46(36)44(31)47(50)51/h9-13,15-16,18-23,25-27,30,35,40H,4,14,17,24H2,1-3,5-8H3/q+2. The molecule has 2 aliphatic heterocycles. The lowest BCUT2D eigenvalue weighted by Crippen LogP contribution is -2.52. The highest BCUT2D eigenvalue weighted by Crippen LogP contribution is 2.51. The van der Waals surface area contributed by atoms with Gasteiger partial charge in [0.05, 0.1) is 31.0 Å². The molecule has 264 valence electrons. The minimum atomic E-state index is -1.57. The smallest absolute Gasteiger partial charge is 0.260 e. The first-order chi connectivity index (χ1) is 25.5. The molecule has 1 aliphatic carbocycles. The van der Waals surface area contributed by atoms with Gasteiger partial charge >= 0.3 is 5.82 Å². The molecule has 53 heavy (non-hydrogen) atoms. The number of hydrogen-bond donors (Lipinski definition) is 0. The van der Waals surface area contributed by atoms with E-state index in [9.17, 15) is 0 Å². The fourth-order valence-electron chi connectivity index (χ4n) is 9.92. The Morgan fingerprint density at radius 3 is 2.60 bits per heavy atom. The number of allylic oxidation sites excluding steroid dienone is 3. The van der Waals surface area contributed by atoms with Gasteiger partial charge in [0.25, 0.3) is 0 Å². The number of fused-ring (bicyclic) bond motifs is 15. The quantitative estimate of drug-likeness (QED) is 0.131. The second-order valence-electron chi connectivity index (χ2n) is 17.2. The molecule has 0 radical (unpaired) electrons. The number of aryl methyl sites for hydroxylation is 2.